The van der Waals surface area contributed by atoms with Crippen molar-refractivity contribution in [1.29, 1.82) is 0 Å². The van der Waals surface area contributed by atoms with E-state index in [0.29, 0.717) is 0 Å². The minimum atomic E-state index is -4.89. The molecule has 0 bridgehead atoms. The molecule has 8 heteroatoms. The molecule has 1 aromatic rings. The molecule has 15 heavy (non-hydrogen) atoms. The molecule has 1 amide bonds. The topological polar surface area (TPSA) is 91.2 Å². The van der Waals surface area contributed by atoms with Crippen molar-refractivity contribution in [3.8, 4) is 5.88 Å². The van der Waals surface area contributed by atoms with E-state index in [9.17, 15) is 18.0 Å². The van der Waals surface area contributed by atoms with Gasteiger partial charge in [-0.05, 0) is 6.07 Å². The van der Waals surface area contributed by atoms with Gasteiger partial charge >= 0.3 is 6.36 Å². The van der Waals surface area contributed by atoms with Crippen molar-refractivity contribution in [2.24, 2.45) is 5.73 Å². The second-order valence-corrected chi connectivity index (χ2v) is 2.54. The molecule has 0 aliphatic rings. The van der Waals surface area contributed by atoms with E-state index in [1.165, 1.54) is 0 Å². The fourth-order valence-corrected chi connectivity index (χ4v) is 0.822. The first-order valence-electron chi connectivity index (χ1n) is 3.61. The van der Waals surface area contributed by atoms with Crippen molar-refractivity contribution in [3.05, 3.63) is 17.8 Å². The fraction of sp³-hybridized carbons (Fsp3) is 0.143. The molecule has 1 heterocycles. The lowest BCUT2D eigenvalue weighted by Crippen LogP contribution is -2.20. The third-order valence-electron chi connectivity index (χ3n) is 1.30. The quantitative estimate of drug-likeness (QED) is 0.767. The number of nitrogens with two attached hydrogens (primary N) is 2. The Morgan fingerprint density at radius 2 is 2.00 bits per heavy atom. The summed E-state index contributed by atoms with van der Waals surface area (Å²) in [7, 11) is 0. The number of rotatable bonds is 2. The number of hydrogen-bond donors (Lipinski definition) is 2. The summed E-state index contributed by atoms with van der Waals surface area (Å²) in [5.41, 5.74) is 9.55. The Kier molecular flexibility index (Phi) is 2.69. The van der Waals surface area contributed by atoms with Crippen molar-refractivity contribution in [2.45, 2.75) is 6.36 Å². The third-order valence-corrected chi connectivity index (χ3v) is 1.30. The zero-order chi connectivity index (χ0) is 11.6. The van der Waals surface area contributed by atoms with E-state index in [-0.39, 0.29) is 5.69 Å². The Bertz CT molecular complexity index is 392. The Balaban J connectivity index is 3.04. The lowest BCUT2D eigenvalue weighted by Gasteiger charge is -2.08. The minimum absolute atomic E-state index is 0.0990. The van der Waals surface area contributed by atoms with Crippen molar-refractivity contribution < 1.29 is 22.7 Å². The number of primary amides is 1. The molecule has 1 rings (SSSR count). The Labute approximate surface area is 81.8 Å². The predicted octanol–water partition coefficient (Wildman–Crippen LogP) is 0.661. The van der Waals surface area contributed by atoms with Crippen LogP contribution in [0, 0.1) is 0 Å². The Morgan fingerprint density at radius 3 is 2.47 bits per heavy atom. The van der Waals surface area contributed by atoms with Crippen molar-refractivity contribution in [1.82, 2.24) is 4.98 Å². The summed E-state index contributed by atoms with van der Waals surface area (Å²) in [6.07, 6.45) is -4.89. The average Bonchev–Trinajstić information content (AvgIpc) is 1.99. The number of ether oxygens (including phenoxy) is 1. The van der Waals surface area contributed by atoms with Gasteiger partial charge in [0.15, 0.2) is 0 Å². The molecule has 0 saturated carbocycles. The van der Waals surface area contributed by atoms with Crippen LogP contribution in [0.5, 0.6) is 5.88 Å². The highest BCUT2D eigenvalue weighted by atomic mass is 19.4. The van der Waals surface area contributed by atoms with Crippen LogP contribution in [0.1, 0.15) is 10.5 Å². The zero-order valence-electron chi connectivity index (χ0n) is 7.21. The van der Waals surface area contributed by atoms with Gasteiger partial charge in [-0.3, -0.25) is 4.79 Å². The molecule has 0 aliphatic heterocycles. The molecule has 0 unspecified atom stereocenters. The number of halogens is 3. The van der Waals surface area contributed by atoms with Gasteiger partial charge < -0.3 is 16.2 Å². The number of carbonyl (C=O) groups is 1. The number of aromatic nitrogens is 1. The van der Waals surface area contributed by atoms with Crippen LogP contribution in [-0.4, -0.2) is 17.3 Å². The van der Waals surface area contributed by atoms with Gasteiger partial charge in [0.2, 0.25) is 5.88 Å². The molecule has 4 N–H and O–H groups in total. The first kappa shape index (κ1) is 11.1. The SMILES string of the molecule is NC(=O)c1cc(N)cc(OC(F)(F)F)n1. The molecule has 0 aromatic carbocycles. The van der Waals surface area contributed by atoms with Crippen molar-refractivity contribution >= 4 is 11.6 Å². The molecule has 5 nitrogen and oxygen atoms in total. The second kappa shape index (κ2) is 3.64. The van der Waals surface area contributed by atoms with E-state index in [4.69, 9.17) is 11.5 Å². The summed E-state index contributed by atoms with van der Waals surface area (Å²) >= 11 is 0. The van der Waals surface area contributed by atoms with Crippen LogP contribution in [0.4, 0.5) is 18.9 Å². The van der Waals surface area contributed by atoms with E-state index in [1.807, 2.05) is 0 Å². The molecule has 0 saturated heterocycles. The molecule has 1 aromatic heterocycles. The van der Waals surface area contributed by atoms with Gasteiger partial charge in [-0.1, -0.05) is 0 Å². The fourth-order valence-electron chi connectivity index (χ4n) is 0.822. The Morgan fingerprint density at radius 1 is 1.40 bits per heavy atom. The standard InChI is InChI=1S/C7H6F3N3O2/c8-7(9,10)15-5-2-3(11)1-4(13-5)6(12)14/h1-2H,(H2,11,13)(H2,12,14). The minimum Gasteiger partial charge on any atom is -0.399 e. The molecule has 0 aliphatic carbocycles. The second-order valence-electron chi connectivity index (χ2n) is 2.54. The number of hydrogen-bond acceptors (Lipinski definition) is 4. The summed E-state index contributed by atoms with van der Waals surface area (Å²) in [5.74, 6) is -1.81. The zero-order valence-corrected chi connectivity index (χ0v) is 7.21. The van der Waals surface area contributed by atoms with Gasteiger partial charge in [0.1, 0.15) is 5.69 Å². The first-order valence-corrected chi connectivity index (χ1v) is 3.61. The van der Waals surface area contributed by atoms with E-state index in [0.717, 1.165) is 12.1 Å². The molecule has 0 spiro atoms. The van der Waals surface area contributed by atoms with Gasteiger partial charge in [-0.25, -0.2) is 4.98 Å². The average molecular weight is 221 g/mol. The number of pyridine rings is 1. The molecular formula is C7H6F3N3O2. The van der Waals surface area contributed by atoms with Crippen LogP contribution in [0.2, 0.25) is 0 Å². The van der Waals surface area contributed by atoms with Crippen molar-refractivity contribution in [2.75, 3.05) is 5.73 Å². The van der Waals surface area contributed by atoms with E-state index in [2.05, 4.69) is 9.72 Å². The van der Waals surface area contributed by atoms with E-state index in [1.54, 1.807) is 0 Å². The predicted molar refractivity (Wildman–Crippen MR) is 43.9 cm³/mol. The molecule has 82 valence electrons. The largest absolute Gasteiger partial charge is 0.574 e. The normalized spacial score (nSPS) is 11.1. The van der Waals surface area contributed by atoms with E-state index >= 15 is 0 Å². The van der Waals surface area contributed by atoms with Crippen LogP contribution in [0.25, 0.3) is 0 Å². The number of anilines is 1. The highest BCUT2D eigenvalue weighted by molar-refractivity contribution is 5.91. The maximum Gasteiger partial charge on any atom is 0.574 e. The lowest BCUT2D eigenvalue weighted by molar-refractivity contribution is -0.276. The van der Waals surface area contributed by atoms with E-state index < -0.39 is 23.8 Å². The van der Waals surface area contributed by atoms with Gasteiger partial charge in [-0.15, -0.1) is 13.2 Å². The molecule has 0 radical (unpaired) electrons. The number of alkyl halides is 3. The smallest absolute Gasteiger partial charge is 0.399 e. The maximum absolute atomic E-state index is 11.8. The highest BCUT2D eigenvalue weighted by Crippen LogP contribution is 2.22. The first-order chi connectivity index (χ1) is 6.78. The van der Waals surface area contributed by atoms with Crippen LogP contribution >= 0.6 is 0 Å². The van der Waals surface area contributed by atoms with Crippen LogP contribution in [-0.2, 0) is 0 Å². The number of carbonyl (C=O) groups excluding carboxylic acids is 1. The van der Waals surface area contributed by atoms with Gasteiger partial charge in [-0.2, -0.15) is 0 Å². The summed E-state index contributed by atoms with van der Waals surface area (Å²) in [4.78, 5) is 13.9. The summed E-state index contributed by atoms with van der Waals surface area (Å²) in [5, 5.41) is 0. The Hall–Kier alpha value is -1.99. The number of amides is 1. The molecule has 0 fully saturated rings. The van der Waals surface area contributed by atoms with Crippen LogP contribution < -0.4 is 16.2 Å². The highest BCUT2D eigenvalue weighted by Gasteiger charge is 2.32. The molecule has 0 atom stereocenters. The molecular weight excluding hydrogens is 215 g/mol. The summed E-state index contributed by atoms with van der Waals surface area (Å²) in [6, 6.07) is 1.88. The van der Waals surface area contributed by atoms with Crippen molar-refractivity contribution in [3.63, 3.8) is 0 Å². The monoisotopic (exact) mass is 221 g/mol. The summed E-state index contributed by atoms with van der Waals surface area (Å²) in [6.45, 7) is 0. The maximum atomic E-state index is 11.8. The van der Waals surface area contributed by atoms with Gasteiger partial charge in [0.25, 0.3) is 5.91 Å². The number of nitrogen functional groups attached to an aromatic ring is 1. The number of nitrogens with zero attached hydrogens (tertiary/aromatic N) is 1. The lowest BCUT2D eigenvalue weighted by atomic mass is 10.3. The van der Waals surface area contributed by atoms with Gasteiger partial charge in [0.05, 0.1) is 0 Å². The van der Waals surface area contributed by atoms with Crippen LogP contribution in [0.15, 0.2) is 12.1 Å². The third kappa shape index (κ3) is 3.33. The summed E-state index contributed by atoms with van der Waals surface area (Å²) < 4.78 is 38.8. The van der Waals surface area contributed by atoms with Crippen LogP contribution in [0.3, 0.4) is 0 Å². The van der Waals surface area contributed by atoms with Gasteiger partial charge in [0, 0.05) is 11.8 Å².